The maximum absolute atomic E-state index is 12.7. The van der Waals surface area contributed by atoms with Gasteiger partial charge in [0.2, 0.25) is 0 Å². The van der Waals surface area contributed by atoms with E-state index in [1.165, 1.54) is 11.1 Å². The lowest BCUT2D eigenvalue weighted by Gasteiger charge is -2.14. The summed E-state index contributed by atoms with van der Waals surface area (Å²) in [5.74, 6) is -0.376. The Morgan fingerprint density at radius 1 is 0.815 bits per heavy atom. The molecule has 0 spiro atoms. The summed E-state index contributed by atoms with van der Waals surface area (Å²) in [6, 6.07) is 15.3. The standard InChI is InChI=1S/C24H21NO2/c1-14-8-7-11-22(16(14)3)25-15(2)12-18(17(25)4)13-21-23(26)19-9-5-6-10-20(19)24(21)27/h5-13H,1-4H3. The van der Waals surface area contributed by atoms with Crippen LogP contribution in [-0.2, 0) is 0 Å². The third kappa shape index (κ3) is 2.58. The molecule has 3 nitrogen and oxygen atoms in total. The van der Waals surface area contributed by atoms with Crippen LogP contribution in [0.4, 0.5) is 0 Å². The second-order valence-corrected chi connectivity index (χ2v) is 7.14. The van der Waals surface area contributed by atoms with E-state index < -0.39 is 0 Å². The Kier molecular flexibility index (Phi) is 3.96. The summed E-state index contributed by atoms with van der Waals surface area (Å²) < 4.78 is 2.19. The van der Waals surface area contributed by atoms with Crippen LogP contribution < -0.4 is 0 Å². The molecule has 1 aliphatic rings. The van der Waals surface area contributed by atoms with Gasteiger partial charge < -0.3 is 4.57 Å². The third-order valence-electron chi connectivity index (χ3n) is 5.49. The van der Waals surface area contributed by atoms with Gasteiger partial charge in [0.15, 0.2) is 11.6 Å². The Labute approximate surface area is 159 Å². The van der Waals surface area contributed by atoms with E-state index in [-0.39, 0.29) is 17.1 Å². The third-order valence-corrected chi connectivity index (χ3v) is 5.49. The van der Waals surface area contributed by atoms with Crippen molar-refractivity contribution in [2.24, 2.45) is 0 Å². The van der Waals surface area contributed by atoms with Crippen molar-refractivity contribution in [1.82, 2.24) is 4.57 Å². The molecule has 1 heterocycles. The van der Waals surface area contributed by atoms with Crippen molar-refractivity contribution >= 4 is 17.6 Å². The molecule has 0 saturated heterocycles. The lowest BCUT2D eigenvalue weighted by molar-refractivity contribution is 0.0990. The maximum Gasteiger partial charge on any atom is 0.197 e. The molecule has 134 valence electrons. The molecule has 1 aromatic heterocycles. The van der Waals surface area contributed by atoms with Gasteiger partial charge >= 0.3 is 0 Å². The Hall–Kier alpha value is -3.20. The monoisotopic (exact) mass is 355 g/mol. The fourth-order valence-electron chi connectivity index (χ4n) is 3.84. The van der Waals surface area contributed by atoms with Gasteiger partial charge in [0.25, 0.3) is 0 Å². The fourth-order valence-corrected chi connectivity index (χ4v) is 3.84. The van der Waals surface area contributed by atoms with Crippen molar-refractivity contribution < 1.29 is 9.59 Å². The van der Waals surface area contributed by atoms with Crippen molar-refractivity contribution in [2.45, 2.75) is 27.7 Å². The number of fused-ring (bicyclic) bond motifs is 1. The van der Waals surface area contributed by atoms with Gasteiger partial charge in [-0.3, -0.25) is 9.59 Å². The Balaban J connectivity index is 1.84. The predicted octanol–water partition coefficient (Wildman–Crippen LogP) is 5.17. The number of allylic oxidation sites excluding steroid dienone is 1. The highest BCUT2D eigenvalue weighted by Gasteiger charge is 2.32. The van der Waals surface area contributed by atoms with Gasteiger partial charge in [0.1, 0.15) is 0 Å². The van der Waals surface area contributed by atoms with E-state index in [4.69, 9.17) is 0 Å². The highest BCUT2D eigenvalue weighted by molar-refractivity contribution is 6.41. The second kappa shape index (κ2) is 6.20. The highest BCUT2D eigenvalue weighted by Crippen LogP contribution is 2.30. The van der Waals surface area contributed by atoms with Crippen molar-refractivity contribution in [1.29, 1.82) is 0 Å². The molecule has 1 aliphatic carbocycles. The largest absolute Gasteiger partial charge is 0.318 e. The van der Waals surface area contributed by atoms with Gasteiger partial charge in [-0.25, -0.2) is 0 Å². The number of benzene rings is 2. The van der Waals surface area contributed by atoms with Gasteiger partial charge in [-0.1, -0.05) is 36.4 Å². The molecule has 3 aromatic rings. The molecule has 0 fully saturated rings. The molecule has 0 saturated carbocycles. The molecule has 0 unspecified atom stereocenters. The highest BCUT2D eigenvalue weighted by atomic mass is 16.2. The Morgan fingerprint density at radius 2 is 1.44 bits per heavy atom. The lowest BCUT2D eigenvalue weighted by Crippen LogP contribution is -2.03. The van der Waals surface area contributed by atoms with Crippen molar-refractivity contribution in [3.8, 4) is 5.69 Å². The van der Waals surface area contributed by atoms with Crippen LogP contribution in [0.3, 0.4) is 0 Å². The van der Waals surface area contributed by atoms with Crippen molar-refractivity contribution in [3.05, 3.63) is 93.3 Å². The van der Waals surface area contributed by atoms with Crippen LogP contribution in [0.15, 0.2) is 54.1 Å². The maximum atomic E-state index is 12.7. The molecule has 0 aliphatic heterocycles. The van der Waals surface area contributed by atoms with E-state index in [9.17, 15) is 9.59 Å². The quantitative estimate of drug-likeness (QED) is 0.470. The average molecular weight is 355 g/mol. The zero-order chi connectivity index (χ0) is 19.3. The van der Waals surface area contributed by atoms with E-state index in [0.717, 1.165) is 22.6 Å². The number of carbonyl (C=O) groups excluding carboxylic acids is 2. The van der Waals surface area contributed by atoms with Crippen LogP contribution in [0, 0.1) is 27.7 Å². The van der Waals surface area contributed by atoms with Crippen LogP contribution in [-0.4, -0.2) is 16.1 Å². The van der Waals surface area contributed by atoms with Gasteiger partial charge in [0, 0.05) is 28.2 Å². The molecule has 3 heteroatoms. The van der Waals surface area contributed by atoms with Gasteiger partial charge in [-0.15, -0.1) is 0 Å². The number of ketones is 2. The number of hydrogen-bond acceptors (Lipinski definition) is 2. The molecule has 4 rings (SSSR count). The SMILES string of the molecule is Cc1cccc(-n2c(C)cc(C=C3C(=O)c4ccccc4C3=O)c2C)c1C. The minimum Gasteiger partial charge on any atom is -0.318 e. The zero-order valence-electron chi connectivity index (χ0n) is 16.0. The van der Waals surface area contributed by atoms with E-state index >= 15 is 0 Å². The number of nitrogens with zero attached hydrogens (tertiary/aromatic N) is 1. The summed E-state index contributed by atoms with van der Waals surface area (Å²) >= 11 is 0. The van der Waals surface area contributed by atoms with Crippen LogP contribution in [0.2, 0.25) is 0 Å². The number of aryl methyl sites for hydroxylation is 2. The molecule has 0 bridgehead atoms. The molecule has 0 radical (unpaired) electrons. The van der Waals surface area contributed by atoms with Crippen LogP contribution in [0.1, 0.15) is 48.8 Å². The Bertz CT molecular complexity index is 1110. The predicted molar refractivity (Wildman–Crippen MR) is 108 cm³/mol. The van der Waals surface area contributed by atoms with Crippen LogP contribution in [0.5, 0.6) is 0 Å². The fraction of sp³-hybridized carbons (Fsp3) is 0.167. The van der Waals surface area contributed by atoms with Gasteiger partial charge in [-0.05, 0) is 62.6 Å². The molecule has 0 N–H and O–H groups in total. The molecule has 0 atom stereocenters. The minimum atomic E-state index is -0.188. The second-order valence-electron chi connectivity index (χ2n) is 7.14. The summed E-state index contributed by atoms with van der Waals surface area (Å²) in [6.45, 7) is 8.29. The lowest BCUT2D eigenvalue weighted by atomic mass is 10.1. The summed E-state index contributed by atoms with van der Waals surface area (Å²) in [7, 11) is 0. The van der Waals surface area contributed by atoms with E-state index in [1.807, 2.05) is 19.9 Å². The number of hydrogen-bond donors (Lipinski definition) is 0. The molecule has 27 heavy (non-hydrogen) atoms. The van der Waals surface area contributed by atoms with Crippen LogP contribution >= 0.6 is 0 Å². The zero-order valence-corrected chi connectivity index (χ0v) is 16.0. The van der Waals surface area contributed by atoms with Crippen molar-refractivity contribution in [3.63, 3.8) is 0 Å². The number of Topliss-reactive ketones (excluding diaryl/α,β-unsaturated/α-hetero) is 2. The summed E-state index contributed by atoms with van der Waals surface area (Å²) in [4.78, 5) is 25.4. The van der Waals surface area contributed by atoms with E-state index in [2.05, 4.69) is 36.6 Å². The topological polar surface area (TPSA) is 39.1 Å². The first-order valence-corrected chi connectivity index (χ1v) is 9.06. The number of carbonyl (C=O) groups is 2. The molecular formula is C24H21NO2. The first-order valence-electron chi connectivity index (χ1n) is 9.06. The van der Waals surface area contributed by atoms with Gasteiger partial charge in [0.05, 0.1) is 5.57 Å². The number of aromatic nitrogens is 1. The van der Waals surface area contributed by atoms with Crippen molar-refractivity contribution in [2.75, 3.05) is 0 Å². The van der Waals surface area contributed by atoms with Gasteiger partial charge in [-0.2, -0.15) is 0 Å². The first kappa shape index (κ1) is 17.2. The summed E-state index contributed by atoms with van der Waals surface area (Å²) in [6.07, 6.45) is 1.74. The summed E-state index contributed by atoms with van der Waals surface area (Å²) in [5.41, 5.74) is 7.82. The van der Waals surface area contributed by atoms with E-state index in [1.54, 1.807) is 30.3 Å². The molecule has 2 aromatic carbocycles. The summed E-state index contributed by atoms with van der Waals surface area (Å²) in [5, 5.41) is 0. The Morgan fingerprint density at radius 3 is 2.07 bits per heavy atom. The average Bonchev–Trinajstić information content (AvgIpc) is 3.06. The smallest absolute Gasteiger partial charge is 0.197 e. The first-order chi connectivity index (χ1) is 12.9. The molecular weight excluding hydrogens is 334 g/mol. The number of rotatable bonds is 2. The van der Waals surface area contributed by atoms with E-state index in [0.29, 0.717) is 11.1 Å². The minimum absolute atomic E-state index is 0.188. The molecule has 0 amide bonds. The normalized spacial score (nSPS) is 13.3. The van der Waals surface area contributed by atoms with Crippen LogP contribution in [0.25, 0.3) is 11.8 Å².